The zero-order valence-corrected chi connectivity index (χ0v) is 11.4. The Hall–Kier alpha value is 0.590. The van der Waals surface area contributed by atoms with Gasteiger partial charge in [0.1, 0.15) is 4.32 Å². The maximum absolute atomic E-state index is 5.34. The molecule has 1 heterocycles. The van der Waals surface area contributed by atoms with Crippen molar-refractivity contribution in [2.45, 2.75) is 38.5 Å². The van der Waals surface area contributed by atoms with Crippen molar-refractivity contribution in [3.05, 3.63) is 0 Å². The second-order valence-electron chi connectivity index (χ2n) is 3.40. The van der Waals surface area contributed by atoms with Crippen molar-refractivity contribution in [1.29, 1.82) is 0 Å². The van der Waals surface area contributed by atoms with Gasteiger partial charge in [0.2, 0.25) is 0 Å². The van der Waals surface area contributed by atoms with Crippen molar-refractivity contribution in [1.82, 2.24) is 4.90 Å². The van der Waals surface area contributed by atoms with E-state index in [4.69, 9.17) is 12.2 Å². The fraction of sp³-hybridized carbons (Fsp3) is 0.900. The standard InChI is InChI=1S/C10H19NS3/c1-3-5-7-13-9(4-2)11-6-8-14-10(11)12/h9H,3-8H2,1-2H3. The molecule has 4 heteroatoms. The number of thiocarbonyl (C=S) groups is 1. The smallest absolute Gasteiger partial charge is 0.137 e. The number of thioether (sulfide) groups is 2. The van der Waals surface area contributed by atoms with Crippen LogP contribution in [0.4, 0.5) is 0 Å². The van der Waals surface area contributed by atoms with Crippen LogP contribution in [0.1, 0.15) is 33.1 Å². The van der Waals surface area contributed by atoms with Crippen molar-refractivity contribution in [3.63, 3.8) is 0 Å². The van der Waals surface area contributed by atoms with Gasteiger partial charge in [0.05, 0.1) is 5.37 Å². The Kier molecular flexibility index (Phi) is 6.29. The Morgan fingerprint density at radius 2 is 2.36 bits per heavy atom. The minimum absolute atomic E-state index is 0.629. The lowest BCUT2D eigenvalue weighted by Crippen LogP contribution is -2.32. The van der Waals surface area contributed by atoms with Gasteiger partial charge in [-0.15, -0.1) is 11.8 Å². The van der Waals surface area contributed by atoms with Crippen molar-refractivity contribution < 1.29 is 0 Å². The van der Waals surface area contributed by atoms with Crippen LogP contribution in [-0.2, 0) is 0 Å². The molecule has 0 saturated carbocycles. The van der Waals surface area contributed by atoms with Crippen LogP contribution in [0.25, 0.3) is 0 Å². The summed E-state index contributed by atoms with van der Waals surface area (Å²) in [6, 6.07) is 0. The maximum atomic E-state index is 5.34. The molecule has 0 spiro atoms. The number of hydrogen-bond acceptors (Lipinski definition) is 3. The van der Waals surface area contributed by atoms with Gasteiger partial charge in [0.25, 0.3) is 0 Å². The van der Waals surface area contributed by atoms with E-state index in [-0.39, 0.29) is 0 Å². The number of rotatable bonds is 6. The van der Waals surface area contributed by atoms with Gasteiger partial charge in [-0.3, -0.25) is 0 Å². The lowest BCUT2D eigenvalue weighted by Gasteiger charge is -2.27. The molecule has 0 aromatic carbocycles. The van der Waals surface area contributed by atoms with Crippen LogP contribution in [0.5, 0.6) is 0 Å². The molecule has 1 saturated heterocycles. The van der Waals surface area contributed by atoms with Crippen LogP contribution < -0.4 is 0 Å². The Morgan fingerprint density at radius 1 is 1.57 bits per heavy atom. The molecule has 1 unspecified atom stereocenters. The summed E-state index contributed by atoms with van der Waals surface area (Å²) in [5, 5.41) is 0.629. The van der Waals surface area contributed by atoms with E-state index < -0.39 is 0 Å². The SMILES string of the molecule is CCCCSC(CC)N1CCSC1=S. The molecule has 0 radical (unpaired) electrons. The molecular formula is C10H19NS3. The van der Waals surface area contributed by atoms with Crippen molar-refractivity contribution >= 4 is 40.1 Å². The maximum Gasteiger partial charge on any atom is 0.137 e. The molecule has 1 nitrogen and oxygen atoms in total. The summed E-state index contributed by atoms with van der Waals surface area (Å²) in [5.41, 5.74) is 0. The Bertz CT molecular complexity index is 184. The third-order valence-electron chi connectivity index (χ3n) is 2.30. The van der Waals surface area contributed by atoms with Gasteiger partial charge in [-0.25, -0.2) is 0 Å². The average Bonchev–Trinajstić information content (AvgIpc) is 2.60. The summed E-state index contributed by atoms with van der Waals surface area (Å²) in [7, 11) is 0. The van der Waals surface area contributed by atoms with E-state index in [2.05, 4.69) is 30.5 Å². The molecule has 0 bridgehead atoms. The monoisotopic (exact) mass is 249 g/mol. The molecule has 14 heavy (non-hydrogen) atoms. The second kappa shape index (κ2) is 6.96. The fourth-order valence-corrected chi connectivity index (χ4v) is 4.26. The van der Waals surface area contributed by atoms with Crippen molar-refractivity contribution in [2.24, 2.45) is 0 Å². The third kappa shape index (κ3) is 3.63. The van der Waals surface area contributed by atoms with E-state index in [9.17, 15) is 0 Å². The van der Waals surface area contributed by atoms with Gasteiger partial charge in [-0.2, -0.15) is 0 Å². The lowest BCUT2D eigenvalue weighted by atomic mass is 10.4. The lowest BCUT2D eigenvalue weighted by molar-refractivity contribution is 0.431. The molecule has 0 aromatic rings. The number of hydrogen-bond donors (Lipinski definition) is 0. The molecule has 0 amide bonds. The van der Waals surface area contributed by atoms with E-state index in [1.165, 1.54) is 30.8 Å². The topological polar surface area (TPSA) is 3.24 Å². The fourth-order valence-electron chi connectivity index (χ4n) is 1.46. The summed E-state index contributed by atoms with van der Waals surface area (Å²) in [5.74, 6) is 2.46. The van der Waals surface area contributed by atoms with E-state index in [0.717, 1.165) is 10.9 Å². The first kappa shape index (κ1) is 12.7. The van der Waals surface area contributed by atoms with Gasteiger partial charge in [-0.1, -0.05) is 44.2 Å². The Morgan fingerprint density at radius 3 is 2.86 bits per heavy atom. The van der Waals surface area contributed by atoms with E-state index in [1.807, 2.05) is 11.8 Å². The highest BCUT2D eigenvalue weighted by Gasteiger charge is 2.24. The van der Waals surface area contributed by atoms with Crippen LogP contribution in [-0.4, -0.2) is 32.6 Å². The average molecular weight is 249 g/mol. The molecule has 1 rings (SSSR count). The predicted octanol–water partition coefficient (Wildman–Crippen LogP) is 3.59. The summed E-state index contributed by atoms with van der Waals surface area (Å²) < 4.78 is 1.11. The second-order valence-corrected chi connectivity index (χ2v) is 6.41. The molecular weight excluding hydrogens is 230 g/mol. The van der Waals surface area contributed by atoms with Gasteiger partial charge in [-0.05, 0) is 18.6 Å². The largest absolute Gasteiger partial charge is 0.345 e. The van der Waals surface area contributed by atoms with Crippen LogP contribution in [0.2, 0.25) is 0 Å². The minimum Gasteiger partial charge on any atom is -0.345 e. The highest BCUT2D eigenvalue weighted by molar-refractivity contribution is 8.23. The summed E-state index contributed by atoms with van der Waals surface area (Å²) >= 11 is 9.24. The third-order valence-corrected chi connectivity index (χ3v) is 5.25. The number of nitrogens with zero attached hydrogens (tertiary/aromatic N) is 1. The summed E-state index contributed by atoms with van der Waals surface area (Å²) in [6.45, 7) is 5.66. The van der Waals surface area contributed by atoms with Gasteiger partial charge in [0.15, 0.2) is 0 Å². The predicted molar refractivity (Wildman–Crippen MR) is 73.2 cm³/mol. The quantitative estimate of drug-likeness (QED) is 0.522. The van der Waals surface area contributed by atoms with Gasteiger partial charge < -0.3 is 4.90 Å². The van der Waals surface area contributed by atoms with E-state index in [0.29, 0.717) is 5.37 Å². The van der Waals surface area contributed by atoms with E-state index >= 15 is 0 Å². The molecule has 1 atom stereocenters. The van der Waals surface area contributed by atoms with Crippen LogP contribution in [0, 0.1) is 0 Å². The summed E-state index contributed by atoms with van der Waals surface area (Å²) in [6.07, 6.45) is 3.83. The number of unbranched alkanes of at least 4 members (excludes halogenated alkanes) is 1. The molecule has 1 aliphatic heterocycles. The first-order valence-electron chi connectivity index (χ1n) is 5.34. The molecule has 1 fully saturated rings. The zero-order chi connectivity index (χ0) is 10.4. The first-order valence-corrected chi connectivity index (χ1v) is 7.78. The van der Waals surface area contributed by atoms with Crippen molar-refractivity contribution in [2.75, 3.05) is 18.1 Å². The highest BCUT2D eigenvalue weighted by atomic mass is 32.2. The zero-order valence-electron chi connectivity index (χ0n) is 8.99. The Labute approximate surface area is 101 Å². The molecule has 82 valence electrons. The van der Waals surface area contributed by atoms with Crippen LogP contribution >= 0.6 is 35.7 Å². The first-order chi connectivity index (χ1) is 6.79. The van der Waals surface area contributed by atoms with Crippen molar-refractivity contribution in [3.8, 4) is 0 Å². The van der Waals surface area contributed by atoms with Crippen LogP contribution in [0.15, 0.2) is 0 Å². The highest BCUT2D eigenvalue weighted by Crippen LogP contribution is 2.28. The van der Waals surface area contributed by atoms with Gasteiger partial charge >= 0.3 is 0 Å². The minimum atomic E-state index is 0.629. The van der Waals surface area contributed by atoms with Crippen LogP contribution in [0.3, 0.4) is 0 Å². The molecule has 0 N–H and O–H groups in total. The van der Waals surface area contributed by atoms with Gasteiger partial charge in [0, 0.05) is 12.3 Å². The molecule has 1 aliphatic rings. The molecule has 0 aromatic heterocycles. The van der Waals surface area contributed by atoms with E-state index in [1.54, 1.807) is 0 Å². The normalized spacial score (nSPS) is 19.0. The molecule has 0 aliphatic carbocycles. The Balaban J connectivity index is 2.32. The summed E-state index contributed by atoms with van der Waals surface area (Å²) in [4.78, 5) is 2.40.